The fourth-order valence-corrected chi connectivity index (χ4v) is 8.43. The summed E-state index contributed by atoms with van der Waals surface area (Å²) >= 11 is 2.46. The van der Waals surface area contributed by atoms with Gasteiger partial charge in [-0.05, 0) is 35.1 Å². The molecule has 2 amide bonds. The van der Waals surface area contributed by atoms with Crippen molar-refractivity contribution in [3.63, 3.8) is 0 Å². The van der Waals surface area contributed by atoms with Gasteiger partial charge >= 0.3 is 0 Å². The number of nitrogens with zero attached hydrogens (tertiary/aromatic N) is 4. The molecule has 2 aliphatic heterocycles. The lowest BCUT2D eigenvalue weighted by atomic mass is 10.0. The van der Waals surface area contributed by atoms with E-state index in [-0.39, 0.29) is 23.2 Å². The standard InChI is InChI=1S/C36H30N8O2S2/c37-19-25-29(39)27-33(45)41-31(43(35(27)47-25)17-15-21-7-3-1-4-8-21)23-11-13-24(14-12-23)32-42-34(46)28-30(40)26(20-38)48-36(28)44(32)18-16-22-9-5-2-6-10-22/h1-14,31-32H,15-18,39-40H2,(H,41,45)(H,42,46). The summed E-state index contributed by atoms with van der Waals surface area (Å²) in [5.41, 5.74) is 17.5. The Kier molecular flexibility index (Phi) is 8.19. The Morgan fingerprint density at radius 1 is 0.625 bits per heavy atom. The highest BCUT2D eigenvalue weighted by Crippen LogP contribution is 2.46. The smallest absolute Gasteiger partial charge is 0.258 e. The van der Waals surface area contributed by atoms with Crippen molar-refractivity contribution in [1.29, 1.82) is 10.5 Å². The highest BCUT2D eigenvalue weighted by atomic mass is 32.1. The zero-order valence-electron chi connectivity index (χ0n) is 25.6. The summed E-state index contributed by atoms with van der Waals surface area (Å²) < 4.78 is 0. The van der Waals surface area contributed by atoms with Crippen molar-refractivity contribution in [2.45, 2.75) is 25.2 Å². The second-order valence-electron chi connectivity index (χ2n) is 11.6. The monoisotopic (exact) mass is 670 g/mol. The molecule has 4 heterocycles. The first-order valence-electron chi connectivity index (χ1n) is 15.3. The molecule has 6 N–H and O–H groups in total. The molecule has 10 nitrogen and oxygen atoms in total. The van der Waals surface area contributed by atoms with Gasteiger partial charge in [-0.15, -0.1) is 22.7 Å². The lowest BCUT2D eigenvalue weighted by Crippen LogP contribution is -2.47. The van der Waals surface area contributed by atoms with Crippen LogP contribution in [-0.4, -0.2) is 24.9 Å². The third kappa shape index (κ3) is 5.47. The normalized spacial score (nSPS) is 16.7. The van der Waals surface area contributed by atoms with Crippen LogP contribution in [-0.2, 0) is 12.8 Å². The molecule has 2 aliphatic rings. The number of fused-ring (bicyclic) bond motifs is 2. The molecule has 3 aromatic carbocycles. The first kappa shape index (κ1) is 30.8. The Balaban J connectivity index is 1.22. The number of thiophene rings is 2. The van der Waals surface area contributed by atoms with E-state index in [1.54, 1.807) is 0 Å². The number of nitrogens with two attached hydrogens (primary N) is 2. The number of amides is 2. The summed E-state index contributed by atoms with van der Waals surface area (Å²) in [6.07, 6.45) is 0.409. The van der Waals surface area contributed by atoms with Gasteiger partial charge in [0.2, 0.25) is 0 Å². The van der Waals surface area contributed by atoms with E-state index in [4.69, 9.17) is 11.5 Å². The van der Waals surface area contributed by atoms with Gasteiger partial charge in [-0.2, -0.15) is 10.5 Å². The Morgan fingerprint density at radius 3 is 1.35 bits per heavy atom. The van der Waals surface area contributed by atoms with Gasteiger partial charge in [0.1, 0.15) is 44.2 Å². The SMILES string of the molecule is N#Cc1sc2c(c1N)C(=O)NC(c1ccc(C3NC(=O)c4c(sc(C#N)c4N)N3CCc3ccccc3)cc1)N2CCc1ccccc1. The molecule has 0 saturated heterocycles. The molecule has 0 aliphatic carbocycles. The second-order valence-corrected chi connectivity index (χ2v) is 13.5. The third-order valence-corrected chi connectivity index (χ3v) is 11.0. The van der Waals surface area contributed by atoms with E-state index in [0.29, 0.717) is 56.8 Å². The number of rotatable bonds is 8. The number of benzene rings is 3. The van der Waals surface area contributed by atoms with Crippen molar-refractivity contribution < 1.29 is 9.59 Å². The van der Waals surface area contributed by atoms with Crippen LogP contribution >= 0.6 is 22.7 Å². The van der Waals surface area contributed by atoms with Crippen molar-refractivity contribution in [2.75, 3.05) is 34.4 Å². The van der Waals surface area contributed by atoms with E-state index in [9.17, 15) is 20.1 Å². The molecule has 2 atom stereocenters. The zero-order chi connectivity index (χ0) is 33.4. The van der Waals surface area contributed by atoms with Crippen LogP contribution < -0.4 is 31.9 Å². The van der Waals surface area contributed by atoms with Gasteiger partial charge in [0.05, 0.1) is 22.5 Å². The average molecular weight is 671 g/mol. The molecule has 48 heavy (non-hydrogen) atoms. The Hall–Kier alpha value is -5.82. The van der Waals surface area contributed by atoms with Crippen LogP contribution in [0.15, 0.2) is 84.9 Å². The predicted molar refractivity (Wildman–Crippen MR) is 189 cm³/mol. The minimum absolute atomic E-state index is 0.199. The molecule has 0 spiro atoms. The molecular formula is C36H30N8O2S2. The Labute approximate surface area is 285 Å². The molecule has 0 saturated carbocycles. The highest BCUT2D eigenvalue weighted by molar-refractivity contribution is 7.18. The molecule has 5 aromatic rings. The molecule has 12 heteroatoms. The van der Waals surface area contributed by atoms with E-state index in [1.165, 1.54) is 22.7 Å². The van der Waals surface area contributed by atoms with Gasteiger partial charge in [0.25, 0.3) is 11.8 Å². The summed E-state index contributed by atoms with van der Waals surface area (Å²) in [7, 11) is 0. The summed E-state index contributed by atoms with van der Waals surface area (Å²) in [5.74, 6) is -0.652. The summed E-state index contributed by atoms with van der Waals surface area (Å²) in [6.45, 7) is 1.15. The molecular weight excluding hydrogens is 641 g/mol. The van der Waals surface area contributed by atoms with Gasteiger partial charge in [0.15, 0.2) is 0 Å². The van der Waals surface area contributed by atoms with Crippen molar-refractivity contribution in [1.82, 2.24) is 10.6 Å². The lowest BCUT2D eigenvalue weighted by molar-refractivity contribution is 0.0919. The second kappa shape index (κ2) is 12.8. The quantitative estimate of drug-likeness (QED) is 0.163. The van der Waals surface area contributed by atoms with Gasteiger partial charge in [-0.3, -0.25) is 9.59 Å². The highest BCUT2D eigenvalue weighted by Gasteiger charge is 2.38. The summed E-state index contributed by atoms with van der Waals surface area (Å²) in [5, 5.41) is 27.0. The molecule has 238 valence electrons. The molecule has 0 bridgehead atoms. The maximum Gasteiger partial charge on any atom is 0.258 e. The fourth-order valence-electron chi connectivity index (χ4n) is 6.29. The first-order chi connectivity index (χ1) is 23.4. The average Bonchev–Trinajstić information content (AvgIpc) is 3.64. The van der Waals surface area contributed by atoms with Crippen molar-refractivity contribution >= 4 is 55.9 Å². The van der Waals surface area contributed by atoms with Crippen LogP contribution in [0.2, 0.25) is 0 Å². The number of hydrogen-bond donors (Lipinski definition) is 4. The van der Waals surface area contributed by atoms with Gasteiger partial charge in [-0.1, -0.05) is 84.9 Å². The third-order valence-electron chi connectivity index (χ3n) is 8.73. The zero-order valence-corrected chi connectivity index (χ0v) is 27.3. The molecule has 0 fully saturated rings. The maximum atomic E-state index is 13.4. The van der Waals surface area contributed by atoms with Gasteiger partial charge < -0.3 is 31.9 Å². The van der Waals surface area contributed by atoms with Gasteiger partial charge in [-0.25, -0.2) is 0 Å². The largest absolute Gasteiger partial charge is 0.396 e. The van der Waals surface area contributed by atoms with Crippen LogP contribution in [0.5, 0.6) is 0 Å². The molecule has 2 unspecified atom stereocenters. The van der Waals surface area contributed by atoms with Crippen LogP contribution in [0.25, 0.3) is 0 Å². The van der Waals surface area contributed by atoms with E-state index in [2.05, 4.69) is 56.8 Å². The Bertz CT molecular complexity index is 1950. The molecule has 2 aromatic heterocycles. The van der Waals surface area contributed by atoms with E-state index in [0.717, 1.165) is 22.3 Å². The fraction of sp³-hybridized carbons (Fsp3) is 0.167. The van der Waals surface area contributed by atoms with E-state index in [1.807, 2.05) is 60.7 Å². The minimum atomic E-state index is -0.510. The first-order valence-corrected chi connectivity index (χ1v) is 17.0. The van der Waals surface area contributed by atoms with Crippen LogP contribution in [0.3, 0.4) is 0 Å². The number of carbonyl (C=O) groups is 2. The molecule has 7 rings (SSSR count). The van der Waals surface area contributed by atoms with Crippen LogP contribution in [0, 0.1) is 22.7 Å². The van der Waals surface area contributed by atoms with Gasteiger partial charge in [0, 0.05) is 13.1 Å². The maximum absolute atomic E-state index is 13.4. The number of nitrogen functional groups attached to an aromatic ring is 2. The van der Waals surface area contributed by atoms with Crippen LogP contribution in [0.4, 0.5) is 21.4 Å². The van der Waals surface area contributed by atoms with Crippen molar-refractivity contribution in [3.8, 4) is 12.1 Å². The predicted octanol–water partition coefficient (Wildman–Crippen LogP) is 5.70. The number of anilines is 4. The number of carbonyl (C=O) groups excluding carboxylic acids is 2. The topological polar surface area (TPSA) is 164 Å². The Morgan fingerprint density at radius 2 is 1.00 bits per heavy atom. The van der Waals surface area contributed by atoms with Crippen molar-refractivity contribution in [3.05, 3.63) is 128 Å². The number of hydrogen-bond acceptors (Lipinski definition) is 10. The van der Waals surface area contributed by atoms with E-state index < -0.39 is 12.3 Å². The summed E-state index contributed by atoms with van der Waals surface area (Å²) in [6, 6.07) is 32.2. The molecule has 0 radical (unpaired) electrons. The minimum Gasteiger partial charge on any atom is -0.396 e. The van der Waals surface area contributed by atoms with Crippen LogP contribution in [0.1, 0.15) is 65.1 Å². The number of nitriles is 2. The number of nitrogens with one attached hydrogen (secondary N) is 2. The van der Waals surface area contributed by atoms with Crippen molar-refractivity contribution in [2.24, 2.45) is 0 Å². The van der Waals surface area contributed by atoms with E-state index >= 15 is 0 Å². The summed E-state index contributed by atoms with van der Waals surface area (Å²) in [4.78, 5) is 31.6. The lowest BCUT2D eigenvalue weighted by Gasteiger charge is -2.39.